The molecule has 2 aliphatic carbocycles. The summed E-state index contributed by atoms with van der Waals surface area (Å²) in [6.45, 7) is 2.23. The average molecular weight is 230 g/mol. The van der Waals surface area contributed by atoms with Gasteiger partial charge in [0.1, 0.15) is 0 Å². The first-order valence-corrected chi connectivity index (χ1v) is 6.48. The summed E-state index contributed by atoms with van der Waals surface area (Å²) in [5.74, 6) is -0.124. The largest absolute Gasteiger partial charge is 0.465 e. The Kier molecular flexibility index (Phi) is 2.46. The van der Waals surface area contributed by atoms with Gasteiger partial charge in [0.25, 0.3) is 0 Å². The van der Waals surface area contributed by atoms with Crippen molar-refractivity contribution < 1.29 is 9.53 Å². The molecule has 0 aromatic heterocycles. The van der Waals surface area contributed by atoms with Gasteiger partial charge in [0.2, 0.25) is 0 Å². The topological polar surface area (TPSA) is 26.3 Å². The third-order valence-electron chi connectivity index (χ3n) is 4.33. The maximum absolute atomic E-state index is 12.0. The fourth-order valence-electron chi connectivity index (χ4n) is 3.58. The summed E-state index contributed by atoms with van der Waals surface area (Å²) in [5, 5.41) is 0. The summed E-state index contributed by atoms with van der Waals surface area (Å²) in [6, 6.07) is 0. The van der Waals surface area contributed by atoms with Crippen LogP contribution in [0.15, 0.2) is 0 Å². The number of rotatable bonds is 1. The minimum absolute atomic E-state index is 0.124. The van der Waals surface area contributed by atoms with Gasteiger partial charge in [-0.2, -0.15) is 0 Å². The molecule has 1 aromatic carbocycles. The second kappa shape index (κ2) is 3.86. The zero-order chi connectivity index (χ0) is 12.0. The van der Waals surface area contributed by atoms with Gasteiger partial charge in [-0.1, -0.05) is 0 Å². The number of benzene rings is 1. The van der Waals surface area contributed by atoms with E-state index in [2.05, 4.69) is 6.92 Å². The quantitative estimate of drug-likeness (QED) is 0.693. The van der Waals surface area contributed by atoms with E-state index in [4.69, 9.17) is 4.74 Å². The first kappa shape index (κ1) is 10.8. The van der Waals surface area contributed by atoms with E-state index in [0.29, 0.717) is 0 Å². The molecule has 0 spiro atoms. The van der Waals surface area contributed by atoms with Gasteiger partial charge in [0.15, 0.2) is 0 Å². The molecule has 0 bridgehead atoms. The molecule has 0 saturated carbocycles. The third-order valence-corrected chi connectivity index (χ3v) is 4.33. The SMILES string of the molecule is COC(=O)c1c2c(c(C)c3c1CCC3)CCC2. The van der Waals surface area contributed by atoms with Crippen LogP contribution in [0.25, 0.3) is 0 Å². The van der Waals surface area contributed by atoms with Crippen molar-refractivity contribution >= 4 is 5.97 Å². The van der Waals surface area contributed by atoms with E-state index in [1.165, 1.54) is 47.8 Å². The lowest BCUT2D eigenvalue weighted by atomic mass is 9.90. The van der Waals surface area contributed by atoms with Crippen LogP contribution < -0.4 is 0 Å². The molecule has 3 rings (SSSR count). The van der Waals surface area contributed by atoms with E-state index in [1.54, 1.807) is 0 Å². The normalized spacial score (nSPS) is 16.8. The molecular weight excluding hydrogens is 212 g/mol. The molecule has 1 aromatic rings. The van der Waals surface area contributed by atoms with Crippen molar-refractivity contribution in [2.45, 2.75) is 45.4 Å². The van der Waals surface area contributed by atoms with E-state index in [1.807, 2.05) is 0 Å². The number of carbonyl (C=O) groups excluding carboxylic acids is 1. The highest BCUT2D eigenvalue weighted by Gasteiger charge is 2.30. The van der Waals surface area contributed by atoms with E-state index < -0.39 is 0 Å². The van der Waals surface area contributed by atoms with Crippen LogP contribution in [0.4, 0.5) is 0 Å². The summed E-state index contributed by atoms with van der Waals surface area (Å²) in [5.41, 5.74) is 7.82. The smallest absolute Gasteiger partial charge is 0.338 e. The van der Waals surface area contributed by atoms with Crippen LogP contribution in [0, 0.1) is 6.92 Å². The maximum Gasteiger partial charge on any atom is 0.338 e. The number of fused-ring (bicyclic) bond motifs is 2. The molecule has 2 nitrogen and oxygen atoms in total. The summed E-state index contributed by atoms with van der Waals surface area (Å²) in [6.07, 6.45) is 6.74. The Balaban J connectivity index is 2.30. The van der Waals surface area contributed by atoms with Gasteiger partial charge < -0.3 is 4.74 Å². The third kappa shape index (κ3) is 1.43. The standard InChI is InChI=1S/C15H18O2/c1-9-10-5-3-7-12(10)14(15(16)17-2)13-8-4-6-11(9)13/h3-8H2,1-2H3. The minimum Gasteiger partial charge on any atom is -0.465 e. The van der Waals surface area contributed by atoms with E-state index in [-0.39, 0.29) is 5.97 Å². The molecule has 0 amide bonds. The Morgan fingerprint density at radius 3 is 1.88 bits per heavy atom. The van der Waals surface area contributed by atoms with Crippen LogP contribution in [0.5, 0.6) is 0 Å². The van der Waals surface area contributed by atoms with Crippen molar-refractivity contribution in [3.05, 3.63) is 33.4 Å². The van der Waals surface area contributed by atoms with Crippen LogP contribution in [0.3, 0.4) is 0 Å². The zero-order valence-electron chi connectivity index (χ0n) is 10.6. The fraction of sp³-hybridized carbons (Fsp3) is 0.533. The molecule has 0 fully saturated rings. The molecule has 0 heterocycles. The molecular formula is C15H18O2. The second-order valence-corrected chi connectivity index (χ2v) is 5.11. The molecule has 0 unspecified atom stereocenters. The zero-order valence-corrected chi connectivity index (χ0v) is 10.6. The van der Waals surface area contributed by atoms with Gasteiger partial charge in [-0.05, 0) is 73.3 Å². The average Bonchev–Trinajstić information content (AvgIpc) is 2.96. The molecule has 0 radical (unpaired) electrons. The Morgan fingerprint density at radius 1 is 0.941 bits per heavy atom. The van der Waals surface area contributed by atoms with Gasteiger partial charge in [-0.15, -0.1) is 0 Å². The van der Waals surface area contributed by atoms with Crippen LogP contribution in [-0.2, 0) is 30.4 Å². The Morgan fingerprint density at radius 2 is 1.41 bits per heavy atom. The number of hydrogen-bond donors (Lipinski definition) is 0. The molecule has 0 aliphatic heterocycles. The van der Waals surface area contributed by atoms with Gasteiger partial charge in [0.05, 0.1) is 12.7 Å². The summed E-state index contributed by atoms with van der Waals surface area (Å²) in [4.78, 5) is 12.0. The van der Waals surface area contributed by atoms with Crippen molar-refractivity contribution in [1.82, 2.24) is 0 Å². The monoisotopic (exact) mass is 230 g/mol. The lowest BCUT2D eigenvalue weighted by Gasteiger charge is -2.16. The van der Waals surface area contributed by atoms with Crippen molar-refractivity contribution in [1.29, 1.82) is 0 Å². The maximum atomic E-state index is 12.0. The van der Waals surface area contributed by atoms with Crippen molar-refractivity contribution in [2.24, 2.45) is 0 Å². The van der Waals surface area contributed by atoms with Crippen LogP contribution in [0.1, 0.15) is 51.0 Å². The van der Waals surface area contributed by atoms with Crippen molar-refractivity contribution in [2.75, 3.05) is 7.11 Å². The first-order valence-electron chi connectivity index (χ1n) is 6.48. The highest BCUT2D eigenvalue weighted by molar-refractivity contribution is 5.94. The minimum atomic E-state index is -0.124. The molecule has 2 aliphatic rings. The Labute approximate surface area is 102 Å². The first-order chi connectivity index (χ1) is 8.24. The number of carbonyl (C=O) groups is 1. The number of ether oxygens (including phenoxy) is 1. The number of hydrogen-bond acceptors (Lipinski definition) is 2. The highest BCUT2D eigenvalue weighted by Crippen LogP contribution is 2.38. The van der Waals surface area contributed by atoms with Crippen molar-refractivity contribution in [3.8, 4) is 0 Å². The lowest BCUT2D eigenvalue weighted by molar-refractivity contribution is 0.0598. The summed E-state index contributed by atoms with van der Waals surface area (Å²) in [7, 11) is 1.49. The van der Waals surface area contributed by atoms with E-state index in [0.717, 1.165) is 31.2 Å². The molecule has 0 N–H and O–H groups in total. The molecule has 2 heteroatoms. The van der Waals surface area contributed by atoms with Gasteiger partial charge in [-0.3, -0.25) is 0 Å². The Hall–Kier alpha value is -1.31. The van der Waals surface area contributed by atoms with Crippen molar-refractivity contribution in [3.63, 3.8) is 0 Å². The van der Waals surface area contributed by atoms with E-state index >= 15 is 0 Å². The Bertz CT molecular complexity index is 465. The summed E-state index contributed by atoms with van der Waals surface area (Å²) >= 11 is 0. The van der Waals surface area contributed by atoms with Crippen LogP contribution in [0.2, 0.25) is 0 Å². The highest BCUT2D eigenvalue weighted by atomic mass is 16.5. The second-order valence-electron chi connectivity index (χ2n) is 5.11. The number of methoxy groups -OCH3 is 1. The molecule has 0 saturated heterocycles. The molecule has 17 heavy (non-hydrogen) atoms. The summed E-state index contributed by atoms with van der Waals surface area (Å²) < 4.78 is 4.99. The number of esters is 1. The lowest BCUT2D eigenvalue weighted by Crippen LogP contribution is -2.11. The predicted octanol–water partition coefficient (Wildman–Crippen LogP) is 2.76. The van der Waals surface area contributed by atoms with Gasteiger partial charge in [-0.25, -0.2) is 4.79 Å². The van der Waals surface area contributed by atoms with Gasteiger partial charge in [0, 0.05) is 0 Å². The van der Waals surface area contributed by atoms with Gasteiger partial charge >= 0.3 is 5.97 Å². The molecule has 90 valence electrons. The van der Waals surface area contributed by atoms with E-state index in [9.17, 15) is 4.79 Å². The predicted molar refractivity (Wildman–Crippen MR) is 66.6 cm³/mol. The van der Waals surface area contributed by atoms with Crippen LogP contribution >= 0.6 is 0 Å². The van der Waals surface area contributed by atoms with Crippen LogP contribution in [-0.4, -0.2) is 13.1 Å². The fourth-order valence-corrected chi connectivity index (χ4v) is 3.58. The molecule has 0 atom stereocenters.